The van der Waals surface area contributed by atoms with E-state index in [4.69, 9.17) is 5.73 Å². The molecule has 1 aromatic rings. The number of hydrogen-bond acceptors (Lipinski definition) is 4. The molecule has 1 atom stereocenters. The van der Waals surface area contributed by atoms with Gasteiger partial charge in [0, 0.05) is 31.9 Å². The number of nitrogens with zero attached hydrogens (tertiary/aromatic N) is 2. The van der Waals surface area contributed by atoms with Crippen molar-refractivity contribution in [2.75, 3.05) is 18.5 Å². The van der Waals surface area contributed by atoms with Gasteiger partial charge in [0.25, 0.3) is 0 Å². The average Bonchev–Trinajstić information content (AvgIpc) is 2.16. The Kier molecular flexibility index (Phi) is 4.05. The molecule has 1 rings (SSSR count). The monoisotopic (exact) mass is 209 g/mol. The molecule has 0 amide bonds. The highest BCUT2D eigenvalue weighted by atomic mass is 16.3. The maximum absolute atomic E-state index is 9.32. The molecule has 0 aromatic carbocycles. The number of aryl methyl sites for hydroxylation is 1. The lowest BCUT2D eigenvalue weighted by Crippen LogP contribution is -2.29. The molecule has 0 aliphatic heterocycles. The van der Waals surface area contributed by atoms with Crippen LogP contribution >= 0.6 is 0 Å². The van der Waals surface area contributed by atoms with E-state index >= 15 is 0 Å². The molecule has 0 saturated carbocycles. The van der Waals surface area contributed by atoms with Crippen LogP contribution < -0.4 is 10.6 Å². The summed E-state index contributed by atoms with van der Waals surface area (Å²) in [6.07, 6.45) is 1.39. The first-order valence-electron chi connectivity index (χ1n) is 5.10. The van der Waals surface area contributed by atoms with E-state index in [1.165, 1.54) is 0 Å². The fourth-order valence-electron chi connectivity index (χ4n) is 1.64. The fourth-order valence-corrected chi connectivity index (χ4v) is 1.64. The molecular weight excluding hydrogens is 190 g/mol. The van der Waals surface area contributed by atoms with Crippen molar-refractivity contribution < 1.29 is 5.11 Å². The van der Waals surface area contributed by atoms with Crippen molar-refractivity contribution >= 4 is 5.82 Å². The first-order valence-corrected chi connectivity index (χ1v) is 5.10. The van der Waals surface area contributed by atoms with Crippen molar-refractivity contribution in [1.29, 1.82) is 0 Å². The fraction of sp³-hybridized carbons (Fsp3) is 0.545. The summed E-state index contributed by atoms with van der Waals surface area (Å²) in [4.78, 5) is 6.23. The highest BCUT2D eigenvalue weighted by Gasteiger charge is 2.11. The number of aliphatic hydroxyl groups excluding tert-OH is 1. The molecule has 0 aliphatic rings. The second-order valence-corrected chi connectivity index (χ2v) is 3.86. The summed E-state index contributed by atoms with van der Waals surface area (Å²) in [6.45, 7) is 4.81. The van der Waals surface area contributed by atoms with Gasteiger partial charge in [0.1, 0.15) is 5.82 Å². The van der Waals surface area contributed by atoms with Gasteiger partial charge in [-0.05, 0) is 25.5 Å². The molecule has 0 fully saturated rings. The van der Waals surface area contributed by atoms with Gasteiger partial charge < -0.3 is 15.7 Å². The quantitative estimate of drug-likeness (QED) is 0.765. The van der Waals surface area contributed by atoms with E-state index in [-0.39, 0.29) is 6.10 Å². The Morgan fingerprint density at radius 1 is 1.60 bits per heavy atom. The van der Waals surface area contributed by atoms with Crippen molar-refractivity contribution in [3.05, 3.63) is 23.4 Å². The first-order chi connectivity index (χ1) is 7.06. The number of hydrogen-bond donors (Lipinski definition) is 2. The van der Waals surface area contributed by atoms with Crippen molar-refractivity contribution in [2.24, 2.45) is 5.73 Å². The van der Waals surface area contributed by atoms with E-state index in [0.717, 1.165) is 16.9 Å². The minimum atomic E-state index is -0.372. The van der Waals surface area contributed by atoms with E-state index < -0.39 is 0 Å². The lowest BCUT2D eigenvalue weighted by Gasteiger charge is -2.23. The summed E-state index contributed by atoms with van der Waals surface area (Å²) in [5.74, 6) is 0.860. The zero-order chi connectivity index (χ0) is 11.4. The van der Waals surface area contributed by atoms with Crippen molar-refractivity contribution in [3.8, 4) is 0 Å². The number of aromatic nitrogens is 1. The summed E-state index contributed by atoms with van der Waals surface area (Å²) in [5.41, 5.74) is 7.87. The smallest absolute Gasteiger partial charge is 0.133 e. The molecule has 0 bridgehead atoms. The summed E-state index contributed by atoms with van der Waals surface area (Å²) >= 11 is 0. The van der Waals surface area contributed by atoms with Crippen molar-refractivity contribution in [3.63, 3.8) is 0 Å². The lowest BCUT2D eigenvalue weighted by molar-refractivity contribution is 0.201. The van der Waals surface area contributed by atoms with Gasteiger partial charge in [-0.1, -0.05) is 0 Å². The molecule has 1 heterocycles. The summed E-state index contributed by atoms with van der Waals surface area (Å²) in [7, 11) is 1.91. The molecule has 84 valence electrons. The van der Waals surface area contributed by atoms with E-state index in [2.05, 4.69) is 4.98 Å². The Morgan fingerprint density at radius 3 is 2.80 bits per heavy atom. The Hall–Kier alpha value is -1.13. The maximum Gasteiger partial charge on any atom is 0.133 e. The van der Waals surface area contributed by atoms with Gasteiger partial charge in [0.2, 0.25) is 0 Å². The standard InChI is InChI=1S/C11H19N3O/c1-8-4-5-13-11(10(8)6-12)14(3)7-9(2)15/h4-5,9,15H,6-7,12H2,1-3H3. The van der Waals surface area contributed by atoms with Crippen LogP contribution in [0.3, 0.4) is 0 Å². The zero-order valence-electron chi connectivity index (χ0n) is 9.57. The second kappa shape index (κ2) is 5.09. The Morgan fingerprint density at radius 2 is 2.27 bits per heavy atom. The predicted molar refractivity (Wildman–Crippen MR) is 61.8 cm³/mol. The molecule has 15 heavy (non-hydrogen) atoms. The van der Waals surface area contributed by atoms with Crippen LogP contribution in [0, 0.1) is 6.92 Å². The van der Waals surface area contributed by atoms with Crippen LogP contribution in [-0.4, -0.2) is 29.8 Å². The number of pyridine rings is 1. The second-order valence-electron chi connectivity index (χ2n) is 3.86. The van der Waals surface area contributed by atoms with Crippen LogP contribution in [0.1, 0.15) is 18.1 Å². The highest BCUT2D eigenvalue weighted by Crippen LogP contribution is 2.19. The van der Waals surface area contributed by atoms with Gasteiger partial charge in [-0.15, -0.1) is 0 Å². The lowest BCUT2D eigenvalue weighted by atomic mass is 10.1. The maximum atomic E-state index is 9.32. The Balaban J connectivity index is 2.97. The number of nitrogens with two attached hydrogens (primary N) is 1. The molecule has 1 unspecified atom stereocenters. The summed E-state index contributed by atoms with van der Waals surface area (Å²) < 4.78 is 0. The van der Waals surface area contributed by atoms with Gasteiger partial charge in [-0.2, -0.15) is 0 Å². The third-order valence-electron chi connectivity index (χ3n) is 2.37. The molecule has 0 aliphatic carbocycles. The molecule has 1 aromatic heterocycles. The topological polar surface area (TPSA) is 62.4 Å². The third kappa shape index (κ3) is 2.91. The molecule has 3 N–H and O–H groups in total. The molecule has 0 spiro atoms. The SMILES string of the molecule is Cc1ccnc(N(C)CC(C)O)c1CN. The summed E-state index contributed by atoms with van der Waals surface area (Å²) in [5, 5.41) is 9.32. The number of rotatable bonds is 4. The normalized spacial score (nSPS) is 12.6. The van der Waals surface area contributed by atoms with E-state index in [0.29, 0.717) is 13.1 Å². The molecule has 0 radical (unpaired) electrons. The largest absolute Gasteiger partial charge is 0.392 e. The Bertz CT molecular complexity index is 326. The van der Waals surface area contributed by atoms with E-state index in [1.807, 2.05) is 24.9 Å². The predicted octanol–water partition coefficient (Wildman–Crippen LogP) is 0.666. The van der Waals surface area contributed by atoms with E-state index in [9.17, 15) is 5.11 Å². The average molecular weight is 209 g/mol. The van der Waals surface area contributed by atoms with E-state index in [1.54, 1.807) is 13.1 Å². The first kappa shape index (κ1) is 11.9. The van der Waals surface area contributed by atoms with Crippen LogP contribution in [0.2, 0.25) is 0 Å². The van der Waals surface area contributed by atoms with Crippen LogP contribution in [0.25, 0.3) is 0 Å². The minimum Gasteiger partial charge on any atom is -0.392 e. The van der Waals surface area contributed by atoms with Crippen LogP contribution in [-0.2, 0) is 6.54 Å². The number of likely N-dealkylation sites (N-methyl/N-ethyl adjacent to an activating group) is 1. The van der Waals surface area contributed by atoms with Gasteiger partial charge in [0.05, 0.1) is 6.10 Å². The molecular formula is C11H19N3O. The van der Waals surface area contributed by atoms with Crippen LogP contribution in [0.4, 0.5) is 5.82 Å². The van der Waals surface area contributed by atoms with Crippen molar-refractivity contribution in [1.82, 2.24) is 4.98 Å². The van der Waals surface area contributed by atoms with Gasteiger partial charge in [-0.25, -0.2) is 4.98 Å². The molecule has 4 nitrogen and oxygen atoms in total. The summed E-state index contributed by atoms with van der Waals surface area (Å²) in [6, 6.07) is 1.95. The highest BCUT2D eigenvalue weighted by molar-refractivity contribution is 5.49. The van der Waals surface area contributed by atoms with Crippen molar-refractivity contribution in [2.45, 2.75) is 26.5 Å². The minimum absolute atomic E-state index is 0.372. The van der Waals surface area contributed by atoms with Gasteiger partial charge >= 0.3 is 0 Å². The number of aliphatic hydroxyl groups is 1. The zero-order valence-corrected chi connectivity index (χ0v) is 9.57. The van der Waals surface area contributed by atoms with Gasteiger partial charge in [-0.3, -0.25) is 0 Å². The molecule has 0 saturated heterocycles. The number of anilines is 1. The van der Waals surface area contributed by atoms with Gasteiger partial charge in [0.15, 0.2) is 0 Å². The molecule has 4 heteroatoms. The Labute approximate surface area is 90.7 Å². The third-order valence-corrected chi connectivity index (χ3v) is 2.37. The van der Waals surface area contributed by atoms with Crippen LogP contribution in [0.5, 0.6) is 0 Å². The van der Waals surface area contributed by atoms with Crippen LogP contribution in [0.15, 0.2) is 12.3 Å².